The number of hydrogen-bond donors (Lipinski definition) is 2. The molecule has 0 aliphatic rings. The summed E-state index contributed by atoms with van der Waals surface area (Å²) in [7, 11) is 1.65. The third-order valence-electron chi connectivity index (χ3n) is 2.10. The lowest BCUT2D eigenvalue weighted by atomic mass is 10.3. The highest BCUT2D eigenvalue weighted by Gasteiger charge is 2.01. The first-order chi connectivity index (χ1) is 8.22. The highest BCUT2D eigenvalue weighted by Crippen LogP contribution is 2.18. The van der Waals surface area contributed by atoms with Crippen LogP contribution >= 0.6 is 11.8 Å². The van der Waals surface area contributed by atoms with Gasteiger partial charge < -0.3 is 15.8 Å². The smallest absolute Gasteiger partial charge is 0.230 e. The zero-order valence-corrected chi connectivity index (χ0v) is 10.8. The molecule has 0 aliphatic carbocycles. The quantitative estimate of drug-likeness (QED) is 0.440. The second-order valence-corrected chi connectivity index (χ2v) is 4.60. The van der Waals surface area contributed by atoms with E-state index >= 15 is 0 Å². The summed E-state index contributed by atoms with van der Waals surface area (Å²) in [5, 5.41) is 2.83. The standard InChI is InChI=1S/C12H18N2O2S/c1-16-8-2-7-14-12(15)9-17-11-5-3-10(13)4-6-11/h3-6H,2,7-9,13H2,1H3,(H,14,15). The third-order valence-corrected chi connectivity index (χ3v) is 3.11. The van der Waals surface area contributed by atoms with Gasteiger partial charge in [-0.3, -0.25) is 4.79 Å². The predicted molar refractivity (Wildman–Crippen MR) is 71.1 cm³/mol. The number of rotatable bonds is 7. The molecular formula is C12H18N2O2S. The molecule has 4 nitrogen and oxygen atoms in total. The van der Waals surface area contributed by atoms with Crippen LogP contribution in [-0.4, -0.2) is 31.9 Å². The van der Waals surface area contributed by atoms with Gasteiger partial charge >= 0.3 is 0 Å². The van der Waals surface area contributed by atoms with Crippen LogP contribution < -0.4 is 11.1 Å². The van der Waals surface area contributed by atoms with Crippen molar-refractivity contribution in [3.05, 3.63) is 24.3 Å². The summed E-state index contributed by atoms with van der Waals surface area (Å²) in [5.74, 6) is 0.472. The summed E-state index contributed by atoms with van der Waals surface area (Å²) in [6.07, 6.45) is 0.842. The minimum atomic E-state index is 0.0444. The molecule has 0 radical (unpaired) electrons. The zero-order valence-electron chi connectivity index (χ0n) is 9.94. The van der Waals surface area contributed by atoms with E-state index in [-0.39, 0.29) is 5.91 Å². The summed E-state index contributed by atoms with van der Waals surface area (Å²) < 4.78 is 4.90. The lowest BCUT2D eigenvalue weighted by Crippen LogP contribution is -2.26. The molecule has 0 atom stereocenters. The maximum atomic E-state index is 11.4. The van der Waals surface area contributed by atoms with Crippen molar-refractivity contribution in [3.63, 3.8) is 0 Å². The Balaban J connectivity index is 2.17. The molecule has 0 aromatic heterocycles. The number of methoxy groups -OCH3 is 1. The fourth-order valence-electron chi connectivity index (χ4n) is 1.21. The lowest BCUT2D eigenvalue weighted by Gasteiger charge is -2.05. The molecule has 1 rings (SSSR count). The minimum Gasteiger partial charge on any atom is -0.399 e. The number of nitrogens with one attached hydrogen (secondary N) is 1. The van der Waals surface area contributed by atoms with Crippen molar-refractivity contribution in [2.45, 2.75) is 11.3 Å². The molecule has 5 heteroatoms. The van der Waals surface area contributed by atoms with Crippen LogP contribution in [0.3, 0.4) is 0 Å². The van der Waals surface area contributed by atoms with E-state index in [1.807, 2.05) is 24.3 Å². The van der Waals surface area contributed by atoms with E-state index in [1.165, 1.54) is 11.8 Å². The van der Waals surface area contributed by atoms with Crippen molar-refractivity contribution in [1.82, 2.24) is 5.32 Å². The number of ether oxygens (including phenoxy) is 1. The molecule has 0 saturated carbocycles. The first-order valence-corrected chi connectivity index (χ1v) is 6.45. The van der Waals surface area contributed by atoms with Gasteiger partial charge in [0, 0.05) is 30.8 Å². The number of carbonyl (C=O) groups is 1. The molecule has 0 bridgehead atoms. The van der Waals surface area contributed by atoms with Crippen molar-refractivity contribution < 1.29 is 9.53 Å². The molecule has 1 aromatic carbocycles. The summed E-state index contributed by atoms with van der Waals surface area (Å²) in [5.41, 5.74) is 6.31. The van der Waals surface area contributed by atoms with E-state index in [0.717, 1.165) is 17.0 Å². The SMILES string of the molecule is COCCCNC(=O)CSc1ccc(N)cc1. The van der Waals surface area contributed by atoms with Gasteiger partial charge in [0.1, 0.15) is 0 Å². The van der Waals surface area contributed by atoms with E-state index in [4.69, 9.17) is 10.5 Å². The van der Waals surface area contributed by atoms with Crippen LogP contribution in [0.25, 0.3) is 0 Å². The van der Waals surface area contributed by atoms with E-state index in [2.05, 4.69) is 5.32 Å². The zero-order chi connectivity index (χ0) is 12.5. The predicted octanol–water partition coefficient (Wildman–Crippen LogP) is 1.51. The van der Waals surface area contributed by atoms with E-state index < -0.39 is 0 Å². The van der Waals surface area contributed by atoms with E-state index in [0.29, 0.717) is 18.9 Å². The average Bonchev–Trinajstić information content (AvgIpc) is 2.34. The Morgan fingerprint density at radius 2 is 2.12 bits per heavy atom. The second kappa shape index (κ2) is 7.97. The monoisotopic (exact) mass is 254 g/mol. The normalized spacial score (nSPS) is 10.2. The molecule has 0 aliphatic heterocycles. The third kappa shape index (κ3) is 6.19. The van der Waals surface area contributed by atoms with Crippen LogP contribution in [0.5, 0.6) is 0 Å². The van der Waals surface area contributed by atoms with Crippen molar-refractivity contribution in [3.8, 4) is 0 Å². The minimum absolute atomic E-state index is 0.0444. The molecule has 3 N–H and O–H groups in total. The molecule has 0 fully saturated rings. The first-order valence-electron chi connectivity index (χ1n) is 5.46. The van der Waals surface area contributed by atoms with Gasteiger partial charge in [-0.2, -0.15) is 0 Å². The number of hydrogen-bond acceptors (Lipinski definition) is 4. The molecule has 94 valence electrons. The number of anilines is 1. The van der Waals surface area contributed by atoms with Gasteiger partial charge in [0.15, 0.2) is 0 Å². The Hall–Kier alpha value is -1.20. The largest absolute Gasteiger partial charge is 0.399 e. The van der Waals surface area contributed by atoms with Crippen molar-refractivity contribution in [2.75, 3.05) is 31.7 Å². The van der Waals surface area contributed by atoms with Crippen LogP contribution in [0.4, 0.5) is 5.69 Å². The topological polar surface area (TPSA) is 64.3 Å². The van der Waals surface area contributed by atoms with Gasteiger partial charge in [0.05, 0.1) is 5.75 Å². The van der Waals surface area contributed by atoms with Gasteiger partial charge in [0.25, 0.3) is 0 Å². The first kappa shape index (κ1) is 13.9. The molecular weight excluding hydrogens is 236 g/mol. The second-order valence-electron chi connectivity index (χ2n) is 3.55. The highest BCUT2D eigenvalue weighted by molar-refractivity contribution is 8.00. The Morgan fingerprint density at radius 3 is 2.76 bits per heavy atom. The number of thioether (sulfide) groups is 1. The number of nitrogens with two attached hydrogens (primary N) is 1. The summed E-state index contributed by atoms with van der Waals surface area (Å²) in [6, 6.07) is 7.49. The van der Waals surface area contributed by atoms with Crippen molar-refractivity contribution in [1.29, 1.82) is 0 Å². The summed E-state index contributed by atoms with van der Waals surface area (Å²) in [6.45, 7) is 1.33. The Morgan fingerprint density at radius 1 is 1.41 bits per heavy atom. The number of nitrogen functional groups attached to an aromatic ring is 1. The van der Waals surface area contributed by atoms with Gasteiger partial charge in [-0.05, 0) is 30.7 Å². The van der Waals surface area contributed by atoms with Gasteiger partial charge in [-0.15, -0.1) is 11.8 Å². The van der Waals surface area contributed by atoms with Gasteiger partial charge in [-0.1, -0.05) is 0 Å². The molecule has 1 amide bonds. The molecule has 0 saturated heterocycles. The highest BCUT2D eigenvalue weighted by atomic mass is 32.2. The molecule has 1 aromatic rings. The van der Waals surface area contributed by atoms with Gasteiger partial charge in [-0.25, -0.2) is 0 Å². The summed E-state index contributed by atoms with van der Waals surface area (Å²) >= 11 is 1.50. The molecule has 17 heavy (non-hydrogen) atoms. The maximum Gasteiger partial charge on any atom is 0.230 e. The molecule has 0 heterocycles. The summed E-state index contributed by atoms with van der Waals surface area (Å²) in [4.78, 5) is 12.5. The van der Waals surface area contributed by atoms with Crippen molar-refractivity contribution in [2.24, 2.45) is 0 Å². The number of carbonyl (C=O) groups excluding carboxylic acids is 1. The van der Waals surface area contributed by atoms with E-state index in [9.17, 15) is 4.79 Å². The Labute approximate surface area is 106 Å². The van der Waals surface area contributed by atoms with Crippen LogP contribution in [-0.2, 0) is 9.53 Å². The van der Waals surface area contributed by atoms with Gasteiger partial charge in [0.2, 0.25) is 5.91 Å². The van der Waals surface area contributed by atoms with Crippen LogP contribution in [0.1, 0.15) is 6.42 Å². The lowest BCUT2D eigenvalue weighted by molar-refractivity contribution is -0.118. The number of benzene rings is 1. The Bertz CT molecular complexity index is 341. The molecule has 0 unspecified atom stereocenters. The van der Waals surface area contributed by atoms with Crippen LogP contribution in [0, 0.1) is 0 Å². The fraction of sp³-hybridized carbons (Fsp3) is 0.417. The average molecular weight is 254 g/mol. The maximum absolute atomic E-state index is 11.4. The number of amides is 1. The fourth-order valence-corrected chi connectivity index (χ4v) is 1.94. The van der Waals surface area contributed by atoms with Crippen LogP contribution in [0.2, 0.25) is 0 Å². The van der Waals surface area contributed by atoms with Crippen LogP contribution in [0.15, 0.2) is 29.2 Å². The molecule has 0 spiro atoms. The van der Waals surface area contributed by atoms with E-state index in [1.54, 1.807) is 7.11 Å². The van der Waals surface area contributed by atoms with Crippen molar-refractivity contribution >= 4 is 23.4 Å². The Kier molecular flexibility index (Phi) is 6.50.